The molecule has 2 N–H and O–H groups in total. The molecule has 2 aliphatic rings. The van der Waals surface area contributed by atoms with E-state index in [1.54, 1.807) is 0 Å². The van der Waals surface area contributed by atoms with Gasteiger partial charge in [0, 0.05) is 19.6 Å². The van der Waals surface area contributed by atoms with Gasteiger partial charge in [-0.2, -0.15) is 0 Å². The van der Waals surface area contributed by atoms with Crippen LogP contribution >= 0.6 is 24.0 Å². The highest BCUT2D eigenvalue weighted by Gasteiger charge is 2.37. The van der Waals surface area contributed by atoms with Crippen molar-refractivity contribution >= 4 is 29.9 Å². The number of hydrogen-bond acceptors (Lipinski definition) is 4. The molecule has 1 saturated carbocycles. The van der Waals surface area contributed by atoms with Crippen molar-refractivity contribution in [3.05, 3.63) is 17.3 Å². The number of halogens is 1. The van der Waals surface area contributed by atoms with Crippen molar-refractivity contribution in [1.29, 1.82) is 0 Å². The minimum absolute atomic E-state index is 0. The summed E-state index contributed by atoms with van der Waals surface area (Å²) < 4.78 is 5.75. The Morgan fingerprint density at radius 3 is 2.45 bits per heavy atom. The summed E-state index contributed by atoms with van der Waals surface area (Å²) in [5.41, 5.74) is 1.47. The van der Waals surface area contributed by atoms with Crippen molar-refractivity contribution in [2.45, 2.75) is 79.7 Å². The first-order valence-corrected chi connectivity index (χ1v) is 12.1. The number of likely N-dealkylation sites (tertiary alicyclic amines) is 1. The van der Waals surface area contributed by atoms with Gasteiger partial charge in [-0.1, -0.05) is 20.3 Å². The van der Waals surface area contributed by atoms with Crippen LogP contribution in [0.1, 0.15) is 76.6 Å². The number of piperidine rings is 1. The topological polar surface area (TPSA) is 65.7 Å². The second-order valence-corrected chi connectivity index (χ2v) is 10.00. The molecule has 178 valence electrons. The second kappa shape index (κ2) is 12.4. The Bertz CT molecular complexity index is 671. The number of guanidine groups is 1. The third-order valence-electron chi connectivity index (χ3n) is 6.87. The molecule has 1 aromatic heterocycles. The van der Waals surface area contributed by atoms with Crippen LogP contribution in [0.25, 0.3) is 0 Å². The summed E-state index contributed by atoms with van der Waals surface area (Å²) in [6.45, 7) is 16.8. The molecule has 0 spiro atoms. The van der Waals surface area contributed by atoms with Crippen LogP contribution in [0.3, 0.4) is 0 Å². The molecule has 1 aliphatic heterocycles. The third kappa shape index (κ3) is 7.91. The second-order valence-electron chi connectivity index (χ2n) is 10.00. The number of hydrogen-bond donors (Lipinski definition) is 2. The summed E-state index contributed by atoms with van der Waals surface area (Å²) in [7, 11) is 0. The molecule has 0 amide bonds. The molecule has 31 heavy (non-hydrogen) atoms. The lowest BCUT2D eigenvalue weighted by Gasteiger charge is -2.42. The number of rotatable bonds is 9. The van der Waals surface area contributed by atoms with Gasteiger partial charge in [0.2, 0.25) is 5.89 Å². The lowest BCUT2D eigenvalue weighted by atomic mass is 9.64. The van der Waals surface area contributed by atoms with E-state index in [0.717, 1.165) is 68.5 Å². The van der Waals surface area contributed by atoms with E-state index in [2.05, 4.69) is 41.3 Å². The van der Waals surface area contributed by atoms with Gasteiger partial charge in [0.25, 0.3) is 0 Å². The molecule has 3 rings (SSSR count). The molecule has 0 atom stereocenters. The van der Waals surface area contributed by atoms with Crippen molar-refractivity contribution in [1.82, 2.24) is 20.5 Å². The van der Waals surface area contributed by atoms with Crippen molar-refractivity contribution in [3.63, 3.8) is 0 Å². The van der Waals surface area contributed by atoms with Crippen LogP contribution in [0.15, 0.2) is 9.41 Å². The first-order valence-electron chi connectivity index (χ1n) is 12.1. The first kappa shape index (κ1) is 26.4. The van der Waals surface area contributed by atoms with Crippen LogP contribution in [0.5, 0.6) is 0 Å². The van der Waals surface area contributed by atoms with Gasteiger partial charge in [0.05, 0.1) is 12.2 Å². The monoisotopic (exact) mass is 545 g/mol. The SMILES string of the molecule is CCNC(=NCC1(CC(C)C)CCC1)NCC1CCN(Cc2nc(C)c(C)o2)CC1.I. The van der Waals surface area contributed by atoms with Crippen molar-refractivity contribution in [2.75, 3.05) is 32.7 Å². The summed E-state index contributed by atoms with van der Waals surface area (Å²) in [6.07, 6.45) is 7.78. The standard InChI is InChI=1S/C24H43N5O.HI/c1-6-25-23(27-17-24(10-7-11-24)14-18(2)3)26-15-21-8-12-29(13-9-21)16-22-28-19(4)20(5)30-22;/h18,21H,6-17H2,1-5H3,(H2,25,26,27);1H. The van der Waals surface area contributed by atoms with Gasteiger partial charge in [0.15, 0.2) is 5.96 Å². The van der Waals surface area contributed by atoms with Crippen LogP contribution < -0.4 is 10.6 Å². The van der Waals surface area contributed by atoms with E-state index in [4.69, 9.17) is 9.41 Å². The van der Waals surface area contributed by atoms with Crippen LogP contribution in [0.4, 0.5) is 0 Å². The zero-order valence-electron chi connectivity index (χ0n) is 20.3. The van der Waals surface area contributed by atoms with Gasteiger partial charge in [-0.05, 0) is 83.2 Å². The molecule has 0 unspecified atom stereocenters. The molecule has 2 fully saturated rings. The molecule has 0 radical (unpaired) electrons. The molecule has 0 bridgehead atoms. The molecule has 6 nitrogen and oxygen atoms in total. The van der Waals surface area contributed by atoms with Gasteiger partial charge >= 0.3 is 0 Å². The Kier molecular flexibility index (Phi) is 10.6. The van der Waals surface area contributed by atoms with E-state index in [-0.39, 0.29) is 24.0 Å². The summed E-state index contributed by atoms with van der Waals surface area (Å²) in [5, 5.41) is 7.08. The Morgan fingerprint density at radius 2 is 1.94 bits per heavy atom. The maximum Gasteiger partial charge on any atom is 0.208 e. The minimum atomic E-state index is 0. The highest BCUT2D eigenvalue weighted by molar-refractivity contribution is 14.0. The number of oxazole rings is 1. The lowest BCUT2D eigenvalue weighted by molar-refractivity contribution is 0.111. The van der Waals surface area contributed by atoms with Gasteiger partial charge in [-0.25, -0.2) is 4.98 Å². The molecule has 1 aliphatic carbocycles. The highest BCUT2D eigenvalue weighted by atomic mass is 127. The molecular formula is C24H44IN5O. The lowest BCUT2D eigenvalue weighted by Crippen LogP contribution is -2.44. The van der Waals surface area contributed by atoms with Crippen LogP contribution in [-0.4, -0.2) is 48.6 Å². The van der Waals surface area contributed by atoms with E-state index in [9.17, 15) is 0 Å². The number of aryl methyl sites for hydroxylation is 2. The molecule has 7 heteroatoms. The fraction of sp³-hybridized carbons (Fsp3) is 0.833. The maximum atomic E-state index is 5.75. The number of aromatic nitrogens is 1. The maximum absolute atomic E-state index is 5.75. The van der Waals surface area contributed by atoms with E-state index >= 15 is 0 Å². The number of nitrogens with one attached hydrogen (secondary N) is 2. The van der Waals surface area contributed by atoms with Gasteiger partial charge in [0.1, 0.15) is 5.76 Å². The molecule has 0 aromatic carbocycles. The molecule has 1 aromatic rings. The van der Waals surface area contributed by atoms with Crippen molar-refractivity contribution in [3.8, 4) is 0 Å². The fourth-order valence-electron chi connectivity index (χ4n) is 4.95. The Labute approximate surface area is 206 Å². The van der Waals surface area contributed by atoms with Crippen LogP contribution in [-0.2, 0) is 6.54 Å². The molecular weight excluding hydrogens is 501 g/mol. The molecule has 2 heterocycles. The summed E-state index contributed by atoms with van der Waals surface area (Å²) >= 11 is 0. The van der Waals surface area contributed by atoms with Crippen LogP contribution in [0.2, 0.25) is 0 Å². The first-order chi connectivity index (χ1) is 14.4. The molecule has 1 saturated heterocycles. The normalized spacial score (nSPS) is 19.7. The predicted molar refractivity (Wildman–Crippen MR) is 139 cm³/mol. The van der Waals surface area contributed by atoms with E-state index in [1.165, 1.54) is 38.5 Å². The van der Waals surface area contributed by atoms with Crippen molar-refractivity contribution < 1.29 is 4.42 Å². The van der Waals surface area contributed by atoms with Gasteiger partial charge < -0.3 is 15.1 Å². The van der Waals surface area contributed by atoms with Gasteiger partial charge in [-0.3, -0.25) is 9.89 Å². The Morgan fingerprint density at radius 1 is 1.23 bits per heavy atom. The summed E-state index contributed by atoms with van der Waals surface area (Å²) in [4.78, 5) is 12.0. The number of aliphatic imine (C=N–C) groups is 1. The van der Waals surface area contributed by atoms with Crippen LogP contribution in [0, 0.1) is 31.1 Å². The fourth-order valence-corrected chi connectivity index (χ4v) is 4.95. The average Bonchev–Trinajstić information content (AvgIpc) is 2.99. The van der Waals surface area contributed by atoms with Crippen molar-refractivity contribution in [2.24, 2.45) is 22.2 Å². The van der Waals surface area contributed by atoms with E-state index < -0.39 is 0 Å². The third-order valence-corrected chi connectivity index (χ3v) is 6.87. The quantitative estimate of drug-likeness (QED) is 0.263. The Balaban J connectivity index is 0.00000341. The zero-order chi connectivity index (χ0) is 21.6. The minimum Gasteiger partial charge on any atom is -0.444 e. The predicted octanol–water partition coefficient (Wildman–Crippen LogP) is 4.89. The van der Waals surface area contributed by atoms with E-state index in [0.29, 0.717) is 11.3 Å². The van der Waals surface area contributed by atoms with Gasteiger partial charge in [-0.15, -0.1) is 24.0 Å². The Hall–Kier alpha value is -0.830. The van der Waals surface area contributed by atoms with E-state index in [1.807, 2.05) is 13.8 Å². The number of nitrogens with zero attached hydrogens (tertiary/aromatic N) is 3. The summed E-state index contributed by atoms with van der Waals surface area (Å²) in [5.74, 6) is 4.25. The average molecular weight is 546 g/mol. The zero-order valence-corrected chi connectivity index (χ0v) is 22.6. The smallest absolute Gasteiger partial charge is 0.208 e. The highest BCUT2D eigenvalue weighted by Crippen LogP contribution is 2.46. The summed E-state index contributed by atoms with van der Waals surface area (Å²) in [6, 6.07) is 0. The largest absolute Gasteiger partial charge is 0.444 e.